The van der Waals surface area contributed by atoms with Crippen LogP contribution in [-0.4, -0.2) is 5.11 Å². The summed E-state index contributed by atoms with van der Waals surface area (Å²) >= 11 is 14.0. The van der Waals surface area contributed by atoms with Crippen LogP contribution < -0.4 is 4.74 Å². The number of aliphatic hydroxyl groups is 1. The first kappa shape index (κ1) is 14.9. The van der Waals surface area contributed by atoms with Crippen molar-refractivity contribution in [1.29, 1.82) is 0 Å². The summed E-state index contributed by atoms with van der Waals surface area (Å²) in [6.45, 7) is 0.453. The molecule has 0 saturated heterocycles. The van der Waals surface area contributed by atoms with Crippen molar-refractivity contribution in [3.63, 3.8) is 0 Å². The first-order valence-corrected chi connectivity index (χ1v) is 7.39. The fourth-order valence-electron chi connectivity index (χ4n) is 1.55. The second-order valence-electron chi connectivity index (χ2n) is 3.96. The van der Waals surface area contributed by atoms with E-state index in [9.17, 15) is 0 Å². The molecule has 0 heterocycles. The molecule has 0 spiro atoms. The Morgan fingerprint density at radius 3 is 2.37 bits per heavy atom. The zero-order valence-corrected chi connectivity index (χ0v) is 13.5. The van der Waals surface area contributed by atoms with E-state index in [1.165, 1.54) is 0 Å². The molecule has 0 aliphatic rings. The van der Waals surface area contributed by atoms with Crippen molar-refractivity contribution in [2.24, 2.45) is 0 Å². The van der Waals surface area contributed by atoms with Gasteiger partial charge < -0.3 is 9.84 Å². The number of hydrogen-bond acceptors (Lipinski definition) is 2. The molecule has 0 fully saturated rings. The molecular weight excluding hydrogens is 398 g/mol. The van der Waals surface area contributed by atoms with Gasteiger partial charge in [-0.3, -0.25) is 0 Å². The highest BCUT2D eigenvalue weighted by Crippen LogP contribution is 2.25. The molecule has 0 atom stereocenters. The maximum atomic E-state index is 9.05. The van der Waals surface area contributed by atoms with E-state index in [4.69, 9.17) is 33.0 Å². The van der Waals surface area contributed by atoms with Crippen molar-refractivity contribution >= 4 is 45.8 Å². The minimum atomic E-state index is 0.0308. The van der Waals surface area contributed by atoms with Crippen LogP contribution in [0.4, 0.5) is 0 Å². The molecule has 2 aromatic rings. The number of hydrogen-bond donors (Lipinski definition) is 1. The van der Waals surface area contributed by atoms with Crippen molar-refractivity contribution in [3.05, 3.63) is 61.1 Å². The molecule has 5 heteroatoms. The molecule has 0 aliphatic carbocycles. The quantitative estimate of drug-likeness (QED) is 0.745. The summed E-state index contributed by atoms with van der Waals surface area (Å²) in [5.74, 6) is 0.781. The molecule has 2 rings (SSSR count). The Morgan fingerprint density at radius 1 is 1.00 bits per heavy atom. The van der Waals surface area contributed by atoms with Gasteiger partial charge in [-0.2, -0.15) is 0 Å². The highest BCUT2D eigenvalue weighted by molar-refractivity contribution is 14.1. The Hall–Kier alpha value is -0.490. The Kier molecular flexibility index (Phi) is 5.33. The number of benzene rings is 2. The molecular formula is C14H11Cl2IO2. The molecule has 0 amide bonds. The summed E-state index contributed by atoms with van der Waals surface area (Å²) in [6, 6.07) is 11.0. The van der Waals surface area contributed by atoms with E-state index in [0.717, 1.165) is 20.4 Å². The summed E-state index contributed by atoms with van der Waals surface area (Å²) in [4.78, 5) is 0. The summed E-state index contributed by atoms with van der Waals surface area (Å²) in [5, 5.41) is 10.1. The lowest BCUT2D eigenvalue weighted by atomic mass is 10.2. The van der Waals surface area contributed by atoms with Gasteiger partial charge in [0.25, 0.3) is 0 Å². The van der Waals surface area contributed by atoms with E-state index < -0.39 is 0 Å². The second kappa shape index (κ2) is 6.79. The zero-order valence-electron chi connectivity index (χ0n) is 9.87. The third-order valence-electron chi connectivity index (χ3n) is 2.56. The van der Waals surface area contributed by atoms with E-state index in [2.05, 4.69) is 22.6 Å². The van der Waals surface area contributed by atoms with Crippen LogP contribution in [0.2, 0.25) is 10.0 Å². The normalized spacial score (nSPS) is 10.5. The van der Waals surface area contributed by atoms with Crippen LogP contribution in [0.1, 0.15) is 11.1 Å². The average molecular weight is 409 g/mol. The third-order valence-corrected chi connectivity index (χ3v) is 4.14. The van der Waals surface area contributed by atoms with Crippen LogP contribution >= 0.6 is 45.8 Å². The molecule has 100 valence electrons. The molecule has 1 N–H and O–H groups in total. The first-order chi connectivity index (χ1) is 9.10. The van der Waals surface area contributed by atoms with Crippen LogP contribution in [0.3, 0.4) is 0 Å². The predicted molar refractivity (Wildman–Crippen MR) is 85.9 cm³/mol. The molecule has 0 saturated carbocycles. The molecule has 19 heavy (non-hydrogen) atoms. The molecule has 0 unspecified atom stereocenters. The smallest absolute Gasteiger partial charge is 0.133 e. The average Bonchev–Trinajstić information content (AvgIpc) is 2.41. The Bertz CT molecular complexity index is 588. The van der Waals surface area contributed by atoms with Gasteiger partial charge in [0.1, 0.15) is 12.4 Å². The first-order valence-electron chi connectivity index (χ1n) is 5.56. The number of rotatable bonds is 4. The van der Waals surface area contributed by atoms with Crippen molar-refractivity contribution in [1.82, 2.24) is 0 Å². The van der Waals surface area contributed by atoms with Gasteiger partial charge in [-0.05, 0) is 58.0 Å². The number of ether oxygens (including phenoxy) is 1. The lowest BCUT2D eigenvalue weighted by Crippen LogP contribution is -1.98. The van der Waals surface area contributed by atoms with Gasteiger partial charge in [0.05, 0.1) is 20.2 Å². The van der Waals surface area contributed by atoms with E-state index in [-0.39, 0.29) is 6.61 Å². The van der Waals surface area contributed by atoms with E-state index in [1.807, 2.05) is 24.3 Å². The van der Waals surface area contributed by atoms with Crippen molar-refractivity contribution in [2.75, 3.05) is 0 Å². The van der Waals surface area contributed by atoms with Gasteiger partial charge in [0, 0.05) is 0 Å². The van der Waals surface area contributed by atoms with E-state index in [0.29, 0.717) is 16.7 Å². The maximum Gasteiger partial charge on any atom is 0.133 e. The van der Waals surface area contributed by atoms with Crippen LogP contribution in [0, 0.1) is 3.57 Å². The monoisotopic (exact) mass is 408 g/mol. The van der Waals surface area contributed by atoms with Crippen LogP contribution in [0.25, 0.3) is 0 Å². The Labute approximate surface area is 135 Å². The van der Waals surface area contributed by atoms with Gasteiger partial charge in [0.15, 0.2) is 0 Å². The summed E-state index contributed by atoms with van der Waals surface area (Å²) < 4.78 is 6.69. The maximum absolute atomic E-state index is 9.05. The minimum Gasteiger partial charge on any atom is -0.488 e. The topological polar surface area (TPSA) is 29.5 Å². The molecule has 0 bridgehead atoms. The highest BCUT2D eigenvalue weighted by atomic mass is 127. The fourth-order valence-corrected chi connectivity index (χ4v) is 2.61. The zero-order chi connectivity index (χ0) is 13.8. The lowest BCUT2D eigenvalue weighted by Gasteiger charge is -2.10. The largest absolute Gasteiger partial charge is 0.488 e. The second-order valence-corrected chi connectivity index (χ2v) is 5.94. The standard InChI is InChI=1S/C14H11Cl2IO2/c15-11-3-1-10(5-12(11)16)8-19-14-4-2-9(7-18)6-13(14)17/h1-6,18H,7-8H2. The SMILES string of the molecule is OCc1ccc(OCc2ccc(Cl)c(Cl)c2)c(I)c1. The van der Waals surface area contributed by atoms with Crippen LogP contribution in [-0.2, 0) is 13.2 Å². The third kappa shape index (κ3) is 3.99. The van der Waals surface area contributed by atoms with E-state index >= 15 is 0 Å². The van der Waals surface area contributed by atoms with Gasteiger partial charge in [0.2, 0.25) is 0 Å². The summed E-state index contributed by atoms with van der Waals surface area (Å²) in [6.07, 6.45) is 0. The predicted octanol–water partition coefficient (Wildman–Crippen LogP) is 4.67. The van der Waals surface area contributed by atoms with E-state index in [1.54, 1.807) is 12.1 Å². The van der Waals surface area contributed by atoms with Crippen molar-refractivity contribution in [2.45, 2.75) is 13.2 Å². The van der Waals surface area contributed by atoms with Crippen LogP contribution in [0.15, 0.2) is 36.4 Å². The molecule has 0 aliphatic heterocycles. The van der Waals surface area contributed by atoms with Crippen LogP contribution in [0.5, 0.6) is 5.75 Å². The highest BCUT2D eigenvalue weighted by Gasteiger charge is 2.04. The number of halogens is 3. The Morgan fingerprint density at radius 2 is 1.74 bits per heavy atom. The fraction of sp³-hybridized carbons (Fsp3) is 0.143. The minimum absolute atomic E-state index is 0.0308. The summed E-state index contributed by atoms with van der Waals surface area (Å²) in [7, 11) is 0. The van der Waals surface area contributed by atoms with Gasteiger partial charge in [-0.1, -0.05) is 35.3 Å². The molecule has 2 nitrogen and oxygen atoms in total. The van der Waals surface area contributed by atoms with Crippen molar-refractivity contribution in [3.8, 4) is 5.75 Å². The lowest BCUT2D eigenvalue weighted by molar-refractivity contribution is 0.280. The van der Waals surface area contributed by atoms with Crippen molar-refractivity contribution < 1.29 is 9.84 Å². The van der Waals surface area contributed by atoms with Gasteiger partial charge >= 0.3 is 0 Å². The van der Waals surface area contributed by atoms with Gasteiger partial charge in [-0.25, -0.2) is 0 Å². The Balaban J connectivity index is 2.07. The molecule has 0 radical (unpaired) electrons. The molecule has 2 aromatic carbocycles. The molecule has 0 aromatic heterocycles. The van der Waals surface area contributed by atoms with Gasteiger partial charge in [-0.15, -0.1) is 0 Å². The summed E-state index contributed by atoms with van der Waals surface area (Å²) in [5.41, 5.74) is 1.82. The number of aliphatic hydroxyl groups excluding tert-OH is 1.